The van der Waals surface area contributed by atoms with Gasteiger partial charge in [-0.3, -0.25) is 4.79 Å². The second-order valence-electron chi connectivity index (χ2n) is 4.96. The van der Waals surface area contributed by atoms with Gasteiger partial charge in [0, 0.05) is 18.0 Å². The van der Waals surface area contributed by atoms with Crippen LogP contribution in [0.2, 0.25) is 0 Å². The number of hydrogen-bond acceptors (Lipinski definition) is 4. The number of nitrogens with zero attached hydrogens (tertiary/aromatic N) is 1. The summed E-state index contributed by atoms with van der Waals surface area (Å²) in [4.78, 5) is 12.9. The van der Waals surface area contributed by atoms with Crippen molar-refractivity contribution in [1.82, 2.24) is 9.62 Å². The van der Waals surface area contributed by atoms with E-state index in [1.807, 2.05) is 20.8 Å². The fourth-order valence-corrected chi connectivity index (χ4v) is 5.37. The van der Waals surface area contributed by atoms with E-state index < -0.39 is 16.1 Å². The lowest BCUT2D eigenvalue weighted by Crippen LogP contribution is -2.58. The maximum atomic E-state index is 12.6. The summed E-state index contributed by atoms with van der Waals surface area (Å²) in [6.07, 6.45) is 0. The largest absolute Gasteiger partial charge is 0.353 e. The van der Waals surface area contributed by atoms with Crippen LogP contribution in [-0.4, -0.2) is 37.8 Å². The van der Waals surface area contributed by atoms with Gasteiger partial charge < -0.3 is 5.32 Å². The molecule has 106 valence electrons. The predicted octanol–water partition coefficient (Wildman–Crippen LogP) is 1.20. The molecule has 1 aliphatic heterocycles. The third-order valence-electron chi connectivity index (χ3n) is 3.12. The highest BCUT2D eigenvalue weighted by Gasteiger charge is 2.40. The molecular formula is C12H18N2O3S2. The normalized spacial score (nSPS) is 21.7. The topological polar surface area (TPSA) is 66.5 Å². The second-order valence-corrected chi connectivity index (χ2v) is 8.37. The van der Waals surface area contributed by atoms with Crippen molar-refractivity contribution in [3.63, 3.8) is 0 Å². The van der Waals surface area contributed by atoms with Gasteiger partial charge in [0.15, 0.2) is 0 Å². The monoisotopic (exact) mass is 302 g/mol. The first-order chi connectivity index (χ1) is 8.84. The van der Waals surface area contributed by atoms with Crippen LogP contribution in [0.1, 0.15) is 18.7 Å². The Morgan fingerprint density at radius 2 is 2.11 bits per heavy atom. The molecule has 1 aliphatic rings. The number of aryl methyl sites for hydroxylation is 1. The van der Waals surface area contributed by atoms with Gasteiger partial charge in [-0.15, -0.1) is 11.3 Å². The van der Waals surface area contributed by atoms with Gasteiger partial charge in [-0.05, 0) is 25.0 Å². The van der Waals surface area contributed by atoms with Crippen LogP contribution in [0, 0.1) is 12.8 Å². The Labute approximate surface area is 117 Å². The van der Waals surface area contributed by atoms with Crippen molar-refractivity contribution in [2.75, 3.05) is 13.1 Å². The first-order valence-corrected chi connectivity index (χ1v) is 8.45. The molecule has 1 saturated heterocycles. The smallest absolute Gasteiger partial charge is 0.253 e. The molecule has 7 heteroatoms. The number of thiophene rings is 1. The lowest BCUT2D eigenvalue weighted by Gasteiger charge is -2.35. The van der Waals surface area contributed by atoms with Crippen LogP contribution in [0.15, 0.2) is 16.3 Å². The van der Waals surface area contributed by atoms with Crippen molar-refractivity contribution >= 4 is 27.3 Å². The lowest BCUT2D eigenvalue weighted by molar-refractivity contribution is -0.128. The quantitative estimate of drug-likeness (QED) is 0.912. The Morgan fingerprint density at radius 1 is 1.42 bits per heavy atom. The van der Waals surface area contributed by atoms with Crippen molar-refractivity contribution in [1.29, 1.82) is 0 Å². The van der Waals surface area contributed by atoms with E-state index in [2.05, 4.69) is 5.32 Å². The highest BCUT2D eigenvalue weighted by atomic mass is 32.2. The van der Waals surface area contributed by atoms with E-state index in [4.69, 9.17) is 0 Å². The van der Waals surface area contributed by atoms with E-state index in [1.54, 1.807) is 12.1 Å². The third-order valence-corrected chi connectivity index (χ3v) is 6.47. The zero-order chi connectivity index (χ0) is 14.2. The number of hydrogen-bond donors (Lipinski definition) is 1. The fourth-order valence-electron chi connectivity index (χ4n) is 2.24. The van der Waals surface area contributed by atoms with Gasteiger partial charge >= 0.3 is 0 Å². The minimum atomic E-state index is -3.58. The van der Waals surface area contributed by atoms with Crippen LogP contribution in [-0.2, 0) is 14.8 Å². The number of amides is 1. The molecule has 1 aromatic rings. The Balaban J connectivity index is 2.40. The minimum Gasteiger partial charge on any atom is -0.353 e. The summed E-state index contributed by atoms with van der Waals surface area (Å²) in [6, 6.07) is 2.77. The van der Waals surface area contributed by atoms with Crippen LogP contribution in [0.3, 0.4) is 0 Å². The summed E-state index contributed by atoms with van der Waals surface area (Å²) in [5.74, 6) is -0.269. The number of nitrogens with one attached hydrogen (secondary N) is 1. The van der Waals surface area contributed by atoms with Gasteiger partial charge in [0.1, 0.15) is 10.3 Å². The number of rotatable bonds is 3. The van der Waals surface area contributed by atoms with E-state index in [-0.39, 0.29) is 11.8 Å². The molecule has 2 rings (SSSR count). The van der Waals surface area contributed by atoms with E-state index in [0.717, 1.165) is 4.88 Å². The first-order valence-electron chi connectivity index (χ1n) is 6.20. The summed E-state index contributed by atoms with van der Waals surface area (Å²) in [5, 5.41) is 2.73. The molecule has 1 N–H and O–H groups in total. The Morgan fingerprint density at radius 3 is 2.63 bits per heavy atom. The highest BCUT2D eigenvalue weighted by Crippen LogP contribution is 2.28. The second kappa shape index (κ2) is 5.22. The summed E-state index contributed by atoms with van der Waals surface area (Å²) >= 11 is 1.24. The van der Waals surface area contributed by atoms with E-state index in [1.165, 1.54) is 15.6 Å². The van der Waals surface area contributed by atoms with Gasteiger partial charge in [0.05, 0.1) is 0 Å². The van der Waals surface area contributed by atoms with Crippen molar-refractivity contribution in [3.05, 3.63) is 17.0 Å². The zero-order valence-electron chi connectivity index (χ0n) is 11.2. The number of sulfonamides is 1. The third kappa shape index (κ3) is 2.68. The first kappa shape index (κ1) is 14.5. The molecule has 19 heavy (non-hydrogen) atoms. The van der Waals surface area contributed by atoms with E-state index in [0.29, 0.717) is 17.3 Å². The molecule has 0 spiro atoms. The van der Waals surface area contributed by atoms with Crippen molar-refractivity contribution in [3.8, 4) is 0 Å². The maximum Gasteiger partial charge on any atom is 0.253 e. The molecule has 1 aromatic heterocycles. The molecule has 5 nitrogen and oxygen atoms in total. The van der Waals surface area contributed by atoms with Gasteiger partial charge in [-0.2, -0.15) is 4.31 Å². The Kier molecular flexibility index (Phi) is 3.98. The van der Waals surface area contributed by atoms with Crippen LogP contribution in [0.4, 0.5) is 0 Å². The van der Waals surface area contributed by atoms with Crippen LogP contribution in [0.25, 0.3) is 0 Å². The Bertz CT molecular complexity index is 578. The van der Waals surface area contributed by atoms with Gasteiger partial charge in [0.25, 0.3) is 10.0 Å². The lowest BCUT2D eigenvalue weighted by atomic mass is 10.0. The SMILES string of the molecule is Cc1ccc(S(=O)(=O)N2CCNC(=O)C2C(C)C)s1. The van der Waals surface area contributed by atoms with Gasteiger partial charge in [-0.25, -0.2) is 8.42 Å². The summed E-state index contributed by atoms with van der Waals surface area (Å²) in [5.41, 5.74) is 0. The molecule has 0 radical (unpaired) electrons. The van der Waals surface area contributed by atoms with E-state index >= 15 is 0 Å². The number of carbonyl (C=O) groups is 1. The zero-order valence-corrected chi connectivity index (χ0v) is 12.8. The molecule has 0 aromatic carbocycles. The van der Waals surface area contributed by atoms with Crippen LogP contribution >= 0.6 is 11.3 Å². The van der Waals surface area contributed by atoms with E-state index in [9.17, 15) is 13.2 Å². The summed E-state index contributed by atoms with van der Waals surface area (Å²) in [7, 11) is -3.58. The summed E-state index contributed by atoms with van der Waals surface area (Å²) in [6.45, 7) is 6.28. The van der Waals surface area contributed by atoms with Gasteiger partial charge in [-0.1, -0.05) is 13.8 Å². The molecule has 0 bridgehead atoms. The number of piperazine rings is 1. The molecular weight excluding hydrogens is 284 g/mol. The van der Waals surface area contributed by atoms with Crippen molar-refractivity contribution < 1.29 is 13.2 Å². The average Bonchev–Trinajstić information content (AvgIpc) is 2.75. The van der Waals surface area contributed by atoms with Crippen LogP contribution < -0.4 is 5.32 Å². The minimum absolute atomic E-state index is 0.0591. The molecule has 1 amide bonds. The molecule has 0 aliphatic carbocycles. The summed E-state index contributed by atoms with van der Waals surface area (Å²) < 4.78 is 26.9. The standard InChI is InChI=1S/C12H18N2O3S2/c1-8(2)11-12(15)13-6-7-14(11)19(16,17)10-5-4-9(3)18-10/h4-5,8,11H,6-7H2,1-3H3,(H,13,15). The number of carbonyl (C=O) groups excluding carboxylic acids is 1. The fraction of sp³-hybridized carbons (Fsp3) is 0.583. The average molecular weight is 302 g/mol. The maximum absolute atomic E-state index is 12.6. The molecule has 1 fully saturated rings. The molecule has 1 atom stereocenters. The molecule has 0 saturated carbocycles. The van der Waals surface area contributed by atoms with Crippen molar-refractivity contribution in [2.45, 2.75) is 31.0 Å². The van der Waals surface area contributed by atoms with Gasteiger partial charge in [0.2, 0.25) is 5.91 Å². The predicted molar refractivity (Wildman–Crippen MR) is 74.6 cm³/mol. The Hall–Kier alpha value is -0.920. The van der Waals surface area contributed by atoms with Crippen molar-refractivity contribution in [2.24, 2.45) is 5.92 Å². The molecule has 2 heterocycles. The molecule has 1 unspecified atom stereocenters. The highest BCUT2D eigenvalue weighted by molar-refractivity contribution is 7.91. The van der Waals surface area contributed by atoms with Crippen LogP contribution in [0.5, 0.6) is 0 Å².